The van der Waals surface area contributed by atoms with Crippen molar-refractivity contribution in [2.45, 2.75) is 53.5 Å². The average molecular weight is 370 g/mol. The van der Waals surface area contributed by atoms with Gasteiger partial charge < -0.3 is 14.8 Å². The highest BCUT2D eigenvalue weighted by molar-refractivity contribution is 5.77. The monoisotopic (exact) mass is 369 g/mol. The summed E-state index contributed by atoms with van der Waals surface area (Å²) in [5.41, 5.74) is 4.65. The molecule has 0 aliphatic heterocycles. The molecule has 4 nitrogen and oxygen atoms in total. The van der Waals surface area contributed by atoms with Crippen LogP contribution in [0.25, 0.3) is 0 Å². The van der Waals surface area contributed by atoms with Crippen LogP contribution in [0.5, 0.6) is 11.5 Å². The van der Waals surface area contributed by atoms with Gasteiger partial charge in [-0.1, -0.05) is 32.0 Å². The number of carbonyl (C=O) groups excluding carboxylic acids is 1. The number of amides is 1. The lowest BCUT2D eigenvalue weighted by Crippen LogP contribution is -2.39. The van der Waals surface area contributed by atoms with Crippen LogP contribution in [0, 0.1) is 20.8 Å². The Balaban J connectivity index is 1.83. The molecule has 0 aliphatic carbocycles. The van der Waals surface area contributed by atoms with Gasteiger partial charge in [0.15, 0.2) is 6.61 Å². The molecule has 0 spiro atoms. The van der Waals surface area contributed by atoms with Crippen molar-refractivity contribution >= 4 is 5.91 Å². The third-order valence-electron chi connectivity index (χ3n) is 4.54. The zero-order chi connectivity index (χ0) is 20.0. The van der Waals surface area contributed by atoms with Crippen molar-refractivity contribution in [1.82, 2.24) is 5.32 Å². The van der Waals surface area contributed by atoms with Crippen molar-refractivity contribution in [2.75, 3.05) is 13.2 Å². The van der Waals surface area contributed by atoms with Crippen LogP contribution in [0.4, 0.5) is 0 Å². The van der Waals surface area contributed by atoms with Crippen LogP contribution in [-0.4, -0.2) is 25.2 Å². The molecule has 0 bridgehead atoms. The van der Waals surface area contributed by atoms with E-state index in [-0.39, 0.29) is 18.6 Å². The second-order valence-corrected chi connectivity index (χ2v) is 7.51. The Morgan fingerprint density at radius 3 is 2.37 bits per heavy atom. The first-order valence-corrected chi connectivity index (χ1v) is 9.49. The standard InChI is InChI=1S/C23H31NO3/c1-15(2)21-10-7-16(3)11-22(21)27-14-23(25)24-19(6)13-26-20-9-8-17(4)18(5)12-20/h7-12,15,19H,13-14H2,1-6H3,(H,24,25)/t19-/m0/s1. The first-order valence-electron chi connectivity index (χ1n) is 9.49. The SMILES string of the molecule is Cc1ccc(C(C)C)c(OCC(=O)N[C@@H](C)COc2ccc(C)c(C)c2)c1. The Kier molecular flexibility index (Phi) is 7.28. The van der Waals surface area contributed by atoms with Gasteiger partial charge >= 0.3 is 0 Å². The van der Waals surface area contributed by atoms with E-state index < -0.39 is 0 Å². The molecule has 27 heavy (non-hydrogen) atoms. The summed E-state index contributed by atoms with van der Waals surface area (Å²) in [6.45, 7) is 12.7. The zero-order valence-corrected chi connectivity index (χ0v) is 17.3. The molecule has 0 heterocycles. The fourth-order valence-electron chi connectivity index (χ4n) is 2.77. The second-order valence-electron chi connectivity index (χ2n) is 7.51. The Hall–Kier alpha value is -2.49. The Labute approximate surface area is 162 Å². The van der Waals surface area contributed by atoms with Crippen LogP contribution >= 0.6 is 0 Å². The predicted octanol–water partition coefficient (Wildman–Crippen LogP) is 4.70. The number of benzene rings is 2. The van der Waals surface area contributed by atoms with E-state index in [0.717, 1.165) is 22.6 Å². The fraction of sp³-hybridized carbons (Fsp3) is 0.435. The largest absolute Gasteiger partial charge is 0.491 e. The molecule has 146 valence electrons. The summed E-state index contributed by atoms with van der Waals surface area (Å²) in [6.07, 6.45) is 0. The van der Waals surface area contributed by atoms with Gasteiger partial charge in [-0.3, -0.25) is 4.79 Å². The zero-order valence-electron chi connectivity index (χ0n) is 17.3. The number of carbonyl (C=O) groups is 1. The second kappa shape index (κ2) is 9.45. The van der Waals surface area contributed by atoms with Crippen molar-refractivity contribution in [1.29, 1.82) is 0 Å². The van der Waals surface area contributed by atoms with Crippen molar-refractivity contribution in [3.8, 4) is 11.5 Å². The maximum Gasteiger partial charge on any atom is 0.258 e. The van der Waals surface area contributed by atoms with Crippen LogP contribution in [-0.2, 0) is 4.79 Å². The number of rotatable bonds is 8. The van der Waals surface area contributed by atoms with E-state index in [1.165, 1.54) is 11.1 Å². The molecule has 1 amide bonds. The predicted molar refractivity (Wildman–Crippen MR) is 110 cm³/mol. The van der Waals surface area contributed by atoms with Crippen LogP contribution in [0.1, 0.15) is 48.9 Å². The van der Waals surface area contributed by atoms with Crippen LogP contribution in [0.3, 0.4) is 0 Å². The minimum atomic E-state index is -0.151. The van der Waals surface area contributed by atoms with Gasteiger partial charge in [0.1, 0.15) is 18.1 Å². The lowest BCUT2D eigenvalue weighted by Gasteiger charge is -2.17. The smallest absolute Gasteiger partial charge is 0.258 e. The molecule has 2 aromatic carbocycles. The molecule has 0 aliphatic rings. The lowest BCUT2D eigenvalue weighted by atomic mass is 10.0. The van der Waals surface area contributed by atoms with Crippen LogP contribution in [0.2, 0.25) is 0 Å². The molecule has 1 atom stereocenters. The average Bonchev–Trinajstić information content (AvgIpc) is 2.60. The third kappa shape index (κ3) is 6.31. The molecule has 2 rings (SSSR count). The van der Waals surface area contributed by atoms with Crippen molar-refractivity contribution in [3.05, 3.63) is 58.7 Å². The van der Waals surface area contributed by atoms with Gasteiger partial charge in [0.05, 0.1) is 6.04 Å². The van der Waals surface area contributed by atoms with Crippen molar-refractivity contribution in [3.63, 3.8) is 0 Å². The molecule has 0 radical (unpaired) electrons. The molecule has 2 aromatic rings. The summed E-state index contributed by atoms with van der Waals surface area (Å²) in [5.74, 6) is 1.78. The first kappa shape index (κ1) is 20.8. The quantitative estimate of drug-likeness (QED) is 0.734. The van der Waals surface area contributed by atoms with Crippen LogP contribution in [0.15, 0.2) is 36.4 Å². The number of hydrogen-bond donors (Lipinski definition) is 1. The highest BCUT2D eigenvalue weighted by Crippen LogP contribution is 2.27. The van der Waals surface area contributed by atoms with E-state index >= 15 is 0 Å². The Morgan fingerprint density at radius 1 is 0.963 bits per heavy atom. The number of hydrogen-bond acceptors (Lipinski definition) is 3. The van der Waals surface area contributed by atoms with Gasteiger partial charge in [-0.15, -0.1) is 0 Å². The third-order valence-corrected chi connectivity index (χ3v) is 4.54. The van der Waals surface area contributed by atoms with Gasteiger partial charge in [0.25, 0.3) is 5.91 Å². The highest BCUT2D eigenvalue weighted by atomic mass is 16.5. The number of aryl methyl sites for hydroxylation is 3. The minimum Gasteiger partial charge on any atom is -0.491 e. The Morgan fingerprint density at radius 2 is 1.70 bits per heavy atom. The van der Waals surface area contributed by atoms with Gasteiger partial charge in [-0.05, 0) is 74.1 Å². The van der Waals surface area contributed by atoms with E-state index in [2.05, 4.69) is 45.1 Å². The minimum absolute atomic E-state index is 0.00282. The van der Waals surface area contributed by atoms with Gasteiger partial charge in [0, 0.05) is 0 Å². The van der Waals surface area contributed by atoms with E-state index in [0.29, 0.717) is 12.5 Å². The summed E-state index contributed by atoms with van der Waals surface area (Å²) in [7, 11) is 0. The van der Waals surface area contributed by atoms with Gasteiger partial charge in [-0.2, -0.15) is 0 Å². The van der Waals surface area contributed by atoms with E-state index in [1.807, 2.05) is 38.1 Å². The van der Waals surface area contributed by atoms with E-state index in [1.54, 1.807) is 0 Å². The molecular formula is C23H31NO3. The van der Waals surface area contributed by atoms with Gasteiger partial charge in [0.2, 0.25) is 0 Å². The molecule has 0 fully saturated rings. The lowest BCUT2D eigenvalue weighted by molar-refractivity contribution is -0.123. The molecule has 0 saturated carbocycles. The molecule has 0 saturated heterocycles. The molecular weight excluding hydrogens is 338 g/mol. The normalized spacial score (nSPS) is 12.0. The van der Waals surface area contributed by atoms with E-state index in [4.69, 9.17) is 9.47 Å². The topological polar surface area (TPSA) is 47.6 Å². The maximum absolute atomic E-state index is 12.2. The summed E-state index contributed by atoms with van der Waals surface area (Å²) in [6, 6.07) is 12.0. The number of nitrogens with one attached hydrogen (secondary N) is 1. The van der Waals surface area contributed by atoms with Gasteiger partial charge in [-0.25, -0.2) is 0 Å². The highest BCUT2D eigenvalue weighted by Gasteiger charge is 2.12. The molecule has 0 aromatic heterocycles. The first-order chi connectivity index (χ1) is 12.8. The summed E-state index contributed by atoms with van der Waals surface area (Å²) < 4.78 is 11.6. The van der Waals surface area contributed by atoms with Crippen molar-refractivity contribution < 1.29 is 14.3 Å². The summed E-state index contributed by atoms with van der Waals surface area (Å²) in [4.78, 5) is 12.2. The van der Waals surface area contributed by atoms with E-state index in [9.17, 15) is 4.79 Å². The molecule has 4 heteroatoms. The molecule has 1 N–H and O–H groups in total. The van der Waals surface area contributed by atoms with Crippen molar-refractivity contribution in [2.24, 2.45) is 0 Å². The number of ether oxygens (including phenoxy) is 2. The Bertz CT molecular complexity index is 783. The molecule has 0 unspecified atom stereocenters. The maximum atomic E-state index is 12.2. The van der Waals surface area contributed by atoms with Crippen LogP contribution < -0.4 is 14.8 Å². The summed E-state index contributed by atoms with van der Waals surface area (Å²) >= 11 is 0. The summed E-state index contributed by atoms with van der Waals surface area (Å²) in [5, 5.41) is 2.92. The fourth-order valence-corrected chi connectivity index (χ4v) is 2.77.